The quantitative estimate of drug-likeness (QED) is 0.544. The third-order valence-corrected chi connectivity index (χ3v) is 6.26. The summed E-state index contributed by atoms with van der Waals surface area (Å²) in [6.45, 7) is 8.95. The third kappa shape index (κ3) is 4.17. The fourth-order valence-corrected chi connectivity index (χ4v) is 3.68. The van der Waals surface area contributed by atoms with Gasteiger partial charge >= 0.3 is 13.3 Å². The smallest absolute Gasteiger partial charge is 0.399 e. The Morgan fingerprint density at radius 2 is 1.76 bits per heavy atom. The molecule has 2 fully saturated rings. The Kier molecular flexibility index (Phi) is 5.54. The third-order valence-electron chi connectivity index (χ3n) is 6.26. The van der Waals surface area contributed by atoms with Gasteiger partial charge in [0, 0.05) is 13.1 Å². The summed E-state index contributed by atoms with van der Waals surface area (Å²) in [6.07, 6.45) is -4.15. The SMILES string of the molecule is Cc1cc(C(=O)N2CCCC(C(F)(F)F)C2)c(F)cc1B1OC(C)(C)C(C)(C)O1. The van der Waals surface area contributed by atoms with E-state index >= 15 is 0 Å². The highest BCUT2D eigenvalue weighted by atomic mass is 19.4. The van der Waals surface area contributed by atoms with E-state index in [2.05, 4.69) is 0 Å². The van der Waals surface area contributed by atoms with Gasteiger partial charge in [-0.2, -0.15) is 13.2 Å². The van der Waals surface area contributed by atoms with Gasteiger partial charge in [0.05, 0.1) is 22.7 Å². The zero-order valence-corrected chi connectivity index (χ0v) is 17.3. The Bertz CT molecular complexity index is 794. The predicted molar refractivity (Wildman–Crippen MR) is 102 cm³/mol. The van der Waals surface area contributed by atoms with Crippen LogP contribution in [0.4, 0.5) is 17.6 Å². The minimum absolute atomic E-state index is 0.0182. The molecule has 0 bridgehead atoms. The summed E-state index contributed by atoms with van der Waals surface area (Å²) in [5.74, 6) is -3.09. The van der Waals surface area contributed by atoms with Gasteiger partial charge in [-0.05, 0) is 65.1 Å². The number of nitrogens with zero attached hydrogens (tertiary/aromatic N) is 1. The van der Waals surface area contributed by atoms with Crippen LogP contribution >= 0.6 is 0 Å². The van der Waals surface area contributed by atoms with Crippen LogP contribution in [0.1, 0.15) is 56.5 Å². The Balaban J connectivity index is 1.84. The normalized spacial score (nSPS) is 24.1. The number of likely N-dealkylation sites (tertiary alicyclic amines) is 1. The zero-order valence-electron chi connectivity index (χ0n) is 17.3. The number of amides is 1. The van der Waals surface area contributed by atoms with Gasteiger partial charge in [0.25, 0.3) is 5.91 Å². The first-order chi connectivity index (χ1) is 13.2. The van der Waals surface area contributed by atoms with Gasteiger partial charge in [-0.15, -0.1) is 0 Å². The van der Waals surface area contributed by atoms with Crippen molar-refractivity contribution in [3.05, 3.63) is 29.1 Å². The molecule has 2 aliphatic heterocycles. The molecule has 0 aromatic heterocycles. The first-order valence-electron chi connectivity index (χ1n) is 9.74. The number of carbonyl (C=O) groups excluding carboxylic acids is 1. The minimum Gasteiger partial charge on any atom is -0.399 e. The number of halogens is 4. The van der Waals surface area contributed by atoms with Crippen molar-refractivity contribution in [2.75, 3.05) is 13.1 Å². The van der Waals surface area contributed by atoms with Crippen LogP contribution in [0.15, 0.2) is 12.1 Å². The highest BCUT2D eigenvalue weighted by Crippen LogP contribution is 2.37. The second-order valence-electron chi connectivity index (χ2n) is 8.91. The van der Waals surface area contributed by atoms with Crippen LogP contribution in [0.25, 0.3) is 0 Å². The molecule has 3 rings (SSSR count). The van der Waals surface area contributed by atoms with Crippen molar-refractivity contribution in [1.29, 1.82) is 0 Å². The molecule has 1 aromatic rings. The van der Waals surface area contributed by atoms with Crippen molar-refractivity contribution in [3.8, 4) is 0 Å². The largest absolute Gasteiger partial charge is 0.495 e. The van der Waals surface area contributed by atoms with Crippen molar-refractivity contribution in [2.24, 2.45) is 5.92 Å². The summed E-state index contributed by atoms with van der Waals surface area (Å²) in [7, 11) is -0.789. The number of carbonyl (C=O) groups is 1. The maximum Gasteiger partial charge on any atom is 0.495 e. The molecule has 29 heavy (non-hydrogen) atoms. The molecule has 9 heteroatoms. The fourth-order valence-electron chi connectivity index (χ4n) is 3.68. The summed E-state index contributed by atoms with van der Waals surface area (Å²) in [6, 6.07) is 2.56. The van der Waals surface area contributed by atoms with Crippen LogP contribution in [0.3, 0.4) is 0 Å². The number of rotatable bonds is 2. The predicted octanol–water partition coefficient (Wildman–Crippen LogP) is 3.85. The standard InChI is InChI=1S/C20H26BF4NO3/c1-12-9-14(17(27)26-8-6-7-13(11-26)20(23,24)25)16(22)10-15(12)21-28-18(2,3)19(4,5)29-21/h9-10,13H,6-8,11H2,1-5H3. The number of piperidine rings is 1. The fraction of sp³-hybridized carbons (Fsp3) is 0.650. The van der Waals surface area contributed by atoms with Gasteiger partial charge < -0.3 is 14.2 Å². The van der Waals surface area contributed by atoms with Crippen LogP contribution < -0.4 is 5.46 Å². The summed E-state index contributed by atoms with van der Waals surface area (Å²) in [5.41, 5.74) is -0.391. The van der Waals surface area contributed by atoms with Crippen molar-refractivity contribution >= 4 is 18.5 Å². The molecule has 1 amide bonds. The van der Waals surface area contributed by atoms with Gasteiger partial charge in [-0.1, -0.05) is 5.56 Å². The second kappa shape index (κ2) is 7.27. The average molecular weight is 415 g/mol. The molecule has 0 radical (unpaired) electrons. The Labute approximate surface area is 168 Å². The Morgan fingerprint density at radius 3 is 2.31 bits per heavy atom. The Morgan fingerprint density at radius 1 is 1.17 bits per heavy atom. The van der Waals surface area contributed by atoms with Crippen molar-refractivity contribution in [1.82, 2.24) is 4.90 Å². The molecule has 0 N–H and O–H groups in total. The van der Waals surface area contributed by atoms with E-state index in [-0.39, 0.29) is 24.9 Å². The highest BCUT2D eigenvalue weighted by Gasteiger charge is 2.52. The van der Waals surface area contributed by atoms with Crippen molar-refractivity contribution in [2.45, 2.75) is 64.8 Å². The molecule has 1 aromatic carbocycles. The molecule has 2 heterocycles. The summed E-state index contributed by atoms with van der Waals surface area (Å²) in [4.78, 5) is 13.8. The molecular weight excluding hydrogens is 389 g/mol. The van der Waals surface area contributed by atoms with Crippen LogP contribution in [-0.2, 0) is 9.31 Å². The van der Waals surface area contributed by atoms with Gasteiger partial charge in [-0.25, -0.2) is 4.39 Å². The number of hydrogen-bond donors (Lipinski definition) is 0. The second-order valence-corrected chi connectivity index (χ2v) is 8.91. The van der Waals surface area contributed by atoms with Crippen LogP contribution in [0.2, 0.25) is 0 Å². The molecular formula is C20H26BF4NO3. The maximum atomic E-state index is 14.8. The van der Waals surface area contributed by atoms with Crippen LogP contribution in [0.5, 0.6) is 0 Å². The van der Waals surface area contributed by atoms with E-state index < -0.39 is 48.7 Å². The monoisotopic (exact) mass is 415 g/mol. The molecule has 1 atom stereocenters. The zero-order chi connectivity index (χ0) is 21.8. The van der Waals surface area contributed by atoms with Crippen LogP contribution in [0, 0.1) is 18.7 Å². The van der Waals surface area contributed by atoms with Gasteiger partial charge in [0.1, 0.15) is 5.82 Å². The lowest BCUT2D eigenvalue weighted by molar-refractivity contribution is -0.184. The summed E-state index contributed by atoms with van der Waals surface area (Å²) >= 11 is 0. The van der Waals surface area contributed by atoms with E-state index in [0.717, 1.165) is 4.90 Å². The van der Waals surface area contributed by atoms with Crippen molar-refractivity contribution < 1.29 is 31.7 Å². The molecule has 2 saturated heterocycles. The molecule has 4 nitrogen and oxygen atoms in total. The Hall–Kier alpha value is -1.61. The van der Waals surface area contributed by atoms with E-state index in [0.29, 0.717) is 11.0 Å². The average Bonchev–Trinajstić information content (AvgIpc) is 2.82. The number of benzene rings is 1. The maximum absolute atomic E-state index is 14.8. The van der Waals surface area contributed by atoms with E-state index in [9.17, 15) is 22.4 Å². The number of hydrogen-bond acceptors (Lipinski definition) is 3. The number of alkyl halides is 3. The lowest BCUT2D eigenvalue weighted by Crippen LogP contribution is -2.45. The first kappa shape index (κ1) is 22.1. The van der Waals surface area contributed by atoms with Gasteiger partial charge in [0.2, 0.25) is 0 Å². The molecule has 1 unspecified atom stereocenters. The minimum atomic E-state index is -4.37. The molecule has 160 valence electrons. The summed E-state index contributed by atoms with van der Waals surface area (Å²) < 4.78 is 65.8. The topological polar surface area (TPSA) is 38.8 Å². The lowest BCUT2D eigenvalue weighted by atomic mass is 9.75. The van der Waals surface area contributed by atoms with Gasteiger partial charge in [0.15, 0.2) is 0 Å². The van der Waals surface area contributed by atoms with E-state index in [1.165, 1.54) is 12.1 Å². The summed E-state index contributed by atoms with van der Waals surface area (Å²) in [5, 5.41) is 0. The molecule has 0 saturated carbocycles. The van der Waals surface area contributed by atoms with Gasteiger partial charge in [-0.3, -0.25) is 4.79 Å². The van der Waals surface area contributed by atoms with Crippen LogP contribution in [-0.4, -0.2) is 48.4 Å². The van der Waals surface area contributed by atoms with Crippen molar-refractivity contribution in [3.63, 3.8) is 0 Å². The molecule has 0 spiro atoms. The molecule has 0 aliphatic carbocycles. The molecule has 2 aliphatic rings. The van der Waals surface area contributed by atoms with E-state index in [4.69, 9.17) is 9.31 Å². The van der Waals surface area contributed by atoms with E-state index in [1.54, 1.807) is 6.92 Å². The number of aryl methyl sites for hydroxylation is 1. The lowest BCUT2D eigenvalue weighted by Gasteiger charge is -2.34. The highest BCUT2D eigenvalue weighted by molar-refractivity contribution is 6.62. The van der Waals surface area contributed by atoms with E-state index in [1.807, 2.05) is 27.7 Å². The first-order valence-corrected chi connectivity index (χ1v) is 9.74.